The van der Waals surface area contributed by atoms with E-state index in [9.17, 15) is 4.79 Å². The van der Waals surface area contributed by atoms with Crippen molar-refractivity contribution in [1.82, 2.24) is 15.0 Å². The molecule has 0 fully saturated rings. The molecule has 2 heterocycles. The molecule has 3 N–H and O–H groups in total. The second-order valence-electron chi connectivity index (χ2n) is 6.87. The summed E-state index contributed by atoms with van der Waals surface area (Å²) in [7, 11) is 0. The Morgan fingerprint density at radius 2 is 2.00 bits per heavy atom. The van der Waals surface area contributed by atoms with Gasteiger partial charge in [0.25, 0.3) is 5.91 Å². The molecule has 1 amide bonds. The number of anilines is 2. The molecular formula is C23H20N6O. The maximum atomic E-state index is 12.6. The maximum Gasteiger partial charge on any atom is 0.274 e. The molecule has 0 saturated carbocycles. The number of aromatic nitrogens is 3. The third-order valence-corrected chi connectivity index (χ3v) is 4.70. The van der Waals surface area contributed by atoms with Gasteiger partial charge in [-0.1, -0.05) is 24.3 Å². The minimum Gasteiger partial charge on any atom is -0.370 e. The van der Waals surface area contributed by atoms with Gasteiger partial charge < -0.3 is 15.6 Å². The zero-order valence-electron chi connectivity index (χ0n) is 16.4. The molecule has 148 valence electrons. The first-order valence-electron chi connectivity index (χ1n) is 9.58. The molecule has 2 aromatic carbocycles. The predicted molar refractivity (Wildman–Crippen MR) is 116 cm³/mol. The monoisotopic (exact) mass is 396 g/mol. The average Bonchev–Trinajstić information content (AvgIpc) is 3.17. The topological polar surface area (TPSA) is 106 Å². The van der Waals surface area contributed by atoms with E-state index >= 15 is 0 Å². The Bertz CT molecular complexity index is 1250. The summed E-state index contributed by atoms with van der Waals surface area (Å²) in [5.74, 6) is 0.747. The first-order chi connectivity index (χ1) is 14.6. The van der Waals surface area contributed by atoms with Gasteiger partial charge in [-0.05, 0) is 43.2 Å². The van der Waals surface area contributed by atoms with Crippen molar-refractivity contribution in [3.05, 3.63) is 83.4 Å². The lowest BCUT2D eigenvalue weighted by Gasteiger charge is -2.09. The minimum atomic E-state index is -0.352. The largest absolute Gasteiger partial charge is 0.370 e. The number of benzene rings is 2. The molecule has 0 aliphatic heterocycles. The van der Waals surface area contributed by atoms with Gasteiger partial charge in [-0.15, -0.1) is 0 Å². The molecule has 4 rings (SSSR count). The molecule has 0 saturated heterocycles. The Labute approximate surface area is 173 Å². The molecule has 2 aromatic heterocycles. The molecule has 30 heavy (non-hydrogen) atoms. The smallest absolute Gasteiger partial charge is 0.274 e. The van der Waals surface area contributed by atoms with E-state index in [4.69, 9.17) is 5.26 Å². The average molecular weight is 396 g/mol. The van der Waals surface area contributed by atoms with E-state index in [0.717, 1.165) is 11.9 Å². The van der Waals surface area contributed by atoms with Crippen LogP contribution in [0.3, 0.4) is 0 Å². The van der Waals surface area contributed by atoms with Gasteiger partial charge in [0.2, 0.25) is 0 Å². The number of rotatable bonds is 6. The van der Waals surface area contributed by atoms with Gasteiger partial charge in [0.05, 0.1) is 11.6 Å². The van der Waals surface area contributed by atoms with Crippen LogP contribution >= 0.6 is 0 Å². The van der Waals surface area contributed by atoms with Crippen LogP contribution in [-0.2, 0) is 6.42 Å². The lowest BCUT2D eigenvalue weighted by Crippen LogP contribution is -2.16. The predicted octanol–water partition coefficient (Wildman–Crippen LogP) is 4.04. The van der Waals surface area contributed by atoms with Gasteiger partial charge in [-0.25, -0.2) is 9.97 Å². The Kier molecular flexibility index (Phi) is 5.39. The number of carbonyl (C=O) groups is 1. The molecule has 0 spiro atoms. The molecule has 4 aromatic rings. The number of hydrogen-bond donors (Lipinski definition) is 3. The summed E-state index contributed by atoms with van der Waals surface area (Å²) in [6.45, 7) is 2.42. The third kappa shape index (κ3) is 4.28. The summed E-state index contributed by atoms with van der Waals surface area (Å²) in [5, 5.41) is 16.3. The van der Waals surface area contributed by atoms with Crippen LogP contribution in [0.5, 0.6) is 0 Å². The van der Waals surface area contributed by atoms with Crippen molar-refractivity contribution in [1.29, 1.82) is 5.26 Å². The fourth-order valence-electron chi connectivity index (χ4n) is 3.30. The number of carbonyl (C=O) groups excluding carboxylic acids is 1. The molecule has 7 heteroatoms. The number of amides is 1. The Morgan fingerprint density at radius 3 is 2.87 bits per heavy atom. The van der Waals surface area contributed by atoms with Crippen molar-refractivity contribution in [2.24, 2.45) is 0 Å². The SMILES string of the molecule is Cc1nc(NCCc2c[nH]c3ccccc23)cc(C(=O)Nc2cccc(C#N)c2)n1. The summed E-state index contributed by atoms with van der Waals surface area (Å²) < 4.78 is 0. The highest BCUT2D eigenvalue weighted by Gasteiger charge is 2.11. The van der Waals surface area contributed by atoms with Crippen molar-refractivity contribution in [3.63, 3.8) is 0 Å². The molecule has 7 nitrogen and oxygen atoms in total. The first-order valence-corrected chi connectivity index (χ1v) is 9.58. The van der Waals surface area contributed by atoms with Crippen molar-refractivity contribution < 1.29 is 4.79 Å². The van der Waals surface area contributed by atoms with Crippen molar-refractivity contribution >= 4 is 28.3 Å². The van der Waals surface area contributed by atoms with Gasteiger partial charge in [0, 0.05) is 35.4 Å². The Morgan fingerprint density at radius 1 is 1.13 bits per heavy atom. The van der Waals surface area contributed by atoms with Crippen LogP contribution in [0.1, 0.15) is 27.4 Å². The van der Waals surface area contributed by atoms with Crippen LogP contribution in [-0.4, -0.2) is 27.4 Å². The second-order valence-corrected chi connectivity index (χ2v) is 6.87. The minimum absolute atomic E-state index is 0.263. The van der Waals surface area contributed by atoms with Crippen molar-refractivity contribution in [3.8, 4) is 6.07 Å². The Balaban J connectivity index is 1.43. The standard InChI is InChI=1S/C23H20N6O/c1-15-27-21(23(30)29-18-6-4-5-16(11-18)13-24)12-22(28-15)25-10-9-17-14-26-20-8-3-2-7-19(17)20/h2-8,11-12,14,26H,9-10H2,1H3,(H,29,30)(H,25,27,28). The lowest BCUT2D eigenvalue weighted by molar-refractivity contribution is 0.102. The Hall–Kier alpha value is -4.18. The lowest BCUT2D eigenvalue weighted by atomic mass is 10.1. The van der Waals surface area contributed by atoms with Crippen LogP contribution in [0.2, 0.25) is 0 Å². The van der Waals surface area contributed by atoms with Crippen LogP contribution in [0.4, 0.5) is 11.5 Å². The number of aromatic amines is 1. The molecule has 0 bridgehead atoms. The van der Waals surface area contributed by atoms with Gasteiger partial charge in [-0.3, -0.25) is 4.79 Å². The van der Waals surface area contributed by atoms with Gasteiger partial charge in [0.15, 0.2) is 0 Å². The normalized spacial score (nSPS) is 10.5. The summed E-state index contributed by atoms with van der Waals surface area (Å²) in [6, 6.07) is 18.6. The van der Waals surface area contributed by atoms with Crippen LogP contribution in [0, 0.1) is 18.3 Å². The van der Waals surface area contributed by atoms with E-state index in [1.165, 1.54) is 10.9 Å². The molecule has 0 aliphatic rings. The molecule has 0 aliphatic carbocycles. The maximum absolute atomic E-state index is 12.6. The van der Waals surface area contributed by atoms with E-state index in [-0.39, 0.29) is 11.6 Å². The molecule has 0 atom stereocenters. The van der Waals surface area contributed by atoms with E-state index in [1.807, 2.05) is 18.3 Å². The zero-order chi connectivity index (χ0) is 20.9. The van der Waals surface area contributed by atoms with Gasteiger partial charge in [-0.2, -0.15) is 5.26 Å². The van der Waals surface area contributed by atoms with E-state index in [2.05, 4.69) is 43.8 Å². The number of aryl methyl sites for hydroxylation is 1. The number of nitrogens with one attached hydrogen (secondary N) is 3. The first kappa shape index (κ1) is 19.2. The summed E-state index contributed by atoms with van der Waals surface area (Å²) >= 11 is 0. The zero-order valence-corrected chi connectivity index (χ0v) is 16.4. The number of nitrogens with zero attached hydrogens (tertiary/aromatic N) is 3. The summed E-state index contributed by atoms with van der Waals surface area (Å²) in [4.78, 5) is 24.5. The highest BCUT2D eigenvalue weighted by atomic mass is 16.1. The van der Waals surface area contributed by atoms with Crippen molar-refractivity contribution in [2.45, 2.75) is 13.3 Å². The molecular weight excluding hydrogens is 376 g/mol. The number of fused-ring (bicyclic) bond motifs is 1. The molecule has 0 radical (unpaired) electrons. The number of hydrogen-bond acceptors (Lipinski definition) is 5. The van der Waals surface area contributed by atoms with Crippen LogP contribution < -0.4 is 10.6 Å². The van der Waals surface area contributed by atoms with Crippen molar-refractivity contribution in [2.75, 3.05) is 17.2 Å². The van der Waals surface area contributed by atoms with E-state index in [0.29, 0.717) is 29.4 Å². The van der Waals surface area contributed by atoms with E-state index in [1.54, 1.807) is 37.3 Å². The third-order valence-electron chi connectivity index (χ3n) is 4.70. The number of para-hydroxylation sites is 1. The summed E-state index contributed by atoms with van der Waals surface area (Å²) in [6.07, 6.45) is 2.83. The van der Waals surface area contributed by atoms with Gasteiger partial charge in [0.1, 0.15) is 17.3 Å². The highest BCUT2D eigenvalue weighted by molar-refractivity contribution is 6.03. The quantitative estimate of drug-likeness (QED) is 0.456. The number of nitriles is 1. The number of H-pyrrole nitrogens is 1. The fourth-order valence-corrected chi connectivity index (χ4v) is 3.30. The van der Waals surface area contributed by atoms with Crippen LogP contribution in [0.15, 0.2) is 60.8 Å². The highest BCUT2D eigenvalue weighted by Crippen LogP contribution is 2.18. The van der Waals surface area contributed by atoms with E-state index < -0.39 is 0 Å². The van der Waals surface area contributed by atoms with Gasteiger partial charge >= 0.3 is 0 Å². The fraction of sp³-hybridized carbons (Fsp3) is 0.130. The molecule has 0 unspecified atom stereocenters. The van der Waals surface area contributed by atoms with Crippen LogP contribution in [0.25, 0.3) is 10.9 Å². The summed E-state index contributed by atoms with van der Waals surface area (Å²) in [5.41, 5.74) is 3.62. The second kappa shape index (κ2) is 8.45.